The maximum absolute atomic E-state index is 12.6. The highest BCUT2D eigenvalue weighted by Gasteiger charge is 2.56. The molecule has 1 aromatic heterocycles. The summed E-state index contributed by atoms with van der Waals surface area (Å²) in [6.07, 6.45) is 4.80. The van der Waals surface area contributed by atoms with E-state index in [1.165, 1.54) is 0 Å². The number of alkyl carbamates (subject to hydrolysis) is 1. The van der Waals surface area contributed by atoms with Crippen LogP contribution in [0.2, 0.25) is 0 Å². The molecule has 0 radical (unpaired) electrons. The molecule has 2 aliphatic rings. The van der Waals surface area contributed by atoms with Gasteiger partial charge in [0.25, 0.3) is 5.91 Å². The van der Waals surface area contributed by atoms with Crippen LogP contribution in [0, 0.1) is 0 Å². The van der Waals surface area contributed by atoms with Gasteiger partial charge in [0, 0.05) is 23.6 Å². The van der Waals surface area contributed by atoms with E-state index >= 15 is 0 Å². The first-order chi connectivity index (χ1) is 11.1. The maximum Gasteiger partial charge on any atom is 0.408 e. The van der Waals surface area contributed by atoms with Gasteiger partial charge in [-0.15, -0.1) is 0 Å². The summed E-state index contributed by atoms with van der Waals surface area (Å²) < 4.78 is 7.19. The Balaban J connectivity index is 1.51. The number of hydrogen-bond donors (Lipinski definition) is 1. The summed E-state index contributed by atoms with van der Waals surface area (Å²) in [4.78, 5) is 29.7. The number of nitrogens with zero attached hydrogens (tertiary/aromatic N) is 3. The van der Waals surface area contributed by atoms with E-state index in [2.05, 4.69) is 10.3 Å². The van der Waals surface area contributed by atoms with Crippen molar-refractivity contribution >= 4 is 12.0 Å². The standard InChI is InChI=1S/C16H16N4O3/c1-11-16(23-15(22)18-11)8-20(9-16)14(21)12-3-2-4-13(7-12)19-6-5-17-10-19/h2-7,10-11H,8-9H2,1H3,(H,18,22). The molecule has 1 atom stereocenters. The van der Waals surface area contributed by atoms with Crippen molar-refractivity contribution < 1.29 is 14.3 Å². The van der Waals surface area contributed by atoms with E-state index in [0.29, 0.717) is 18.7 Å². The number of likely N-dealkylation sites (tertiary alicyclic amines) is 1. The summed E-state index contributed by atoms with van der Waals surface area (Å²) in [7, 11) is 0. The van der Waals surface area contributed by atoms with E-state index < -0.39 is 11.7 Å². The minimum absolute atomic E-state index is 0.0623. The molecule has 1 spiro atoms. The predicted octanol–water partition coefficient (Wildman–Crippen LogP) is 1.20. The largest absolute Gasteiger partial charge is 0.437 e. The molecule has 7 nitrogen and oxygen atoms in total. The number of carbonyl (C=O) groups excluding carboxylic acids is 2. The van der Waals surface area contributed by atoms with Crippen molar-refractivity contribution in [1.82, 2.24) is 19.8 Å². The minimum Gasteiger partial charge on any atom is -0.437 e. The number of nitrogens with one attached hydrogen (secondary N) is 1. The normalized spacial score (nSPS) is 21.7. The third-order valence-corrected chi connectivity index (χ3v) is 4.52. The Morgan fingerprint density at radius 2 is 2.26 bits per heavy atom. The molecule has 2 amide bonds. The monoisotopic (exact) mass is 312 g/mol. The van der Waals surface area contributed by atoms with Crippen LogP contribution < -0.4 is 5.32 Å². The lowest BCUT2D eigenvalue weighted by atomic mass is 9.87. The number of hydrogen-bond acceptors (Lipinski definition) is 4. The van der Waals surface area contributed by atoms with Gasteiger partial charge in [-0.05, 0) is 25.1 Å². The van der Waals surface area contributed by atoms with Crippen LogP contribution in [0.5, 0.6) is 0 Å². The molecule has 0 aliphatic carbocycles. The zero-order valence-corrected chi connectivity index (χ0v) is 12.6. The summed E-state index contributed by atoms with van der Waals surface area (Å²) in [6.45, 7) is 2.73. The van der Waals surface area contributed by atoms with Gasteiger partial charge >= 0.3 is 6.09 Å². The van der Waals surface area contributed by atoms with Crippen LogP contribution in [0.1, 0.15) is 17.3 Å². The minimum atomic E-state index is -0.575. The van der Waals surface area contributed by atoms with Crippen LogP contribution in [0.4, 0.5) is 4.79 Å². The first-order valence-electron chi connectivity index (χ1n) is 7.45. The van der Waals surface area contributed by atoms with Crippen molar-refractivity contribution in [3.8, 4) is 5.69 Å². The Labute approximate surface area is 132 Å². The molecule has 118 valence electrons. The van der Waals surface area contributed by atoms with Crippen LogP contribution in [0.3, 0.4) is 0 Å². The Bertz CT molecular complexity index is 765. The summed E-state index contributed by atoms with van der Waals surface area (Å²) in [5.74, 6) is -0.0623. The smallest absolute Gasteiger partial charge is 0.408 e. The highest BCUT2D eigenvalue weighted by atomic mass is 16.6. The van der Waals surface area contributed by atoms with Crippen LogP contribution in [-0.4, -0.2) is 51.2 Å². The van der Waals surface area contributed by atoms with Gasteiger partial charge in [0.1, 0.15) is 0 Å². The lowest BCUT2D eigenvalue weighted by Crippen LogP contribution is -2.68. The lowest BCUT2D eigenvalue weighted by molar-refractivity contribution is -0.0724. The van der Waals surface area contributed by atoms with Crippen molar-refractivity contribution in [2.75, 3.05) is 13.1 Å². The Kier molecular flexibility index (Phi) is 2.90. The molecule has 1 aromatic carbocycles. The van der Waals surface area contributed by atoms with Gasteiger partial charge in [0.05, 0.1) is 25.5 Å². The summed E-state index contributed by atoms with van der Waals surface area (Å²) >= 11 is 0. The first-order valence-corrected chi connectivity index (χ1v) is 7.45. The highest BCUT2D eigenvalue weighted by Crippen LogP contribution is 2.33. The van der Waals surface area contributed by atoms with Crippen molar-refractivity contribution in [1.29, 1.82) is 0 Å². The number of rotatable bonds is 2. The van der Waals surface area contributed by atoms with Crippen molar-refractivity contribution in [3.05, 3.63) is 48.5 Å². The zero-order chi connectivity index (χ0) is 16.0. The van der Waals surface area contributed by atoms with Crippen molar-refractivity contribution in [3.63, 3.8) is 0 Å². The number of ether oxygens (including phenoxy) is 1. The van der Waals surface area contributed by atoms with Crippen LogP contribution in [0.15, 0.2) is 43.0 Å². The van der Waals surface area contributed by atoms with Gasteiger partial charge in [0.15, 0.2) is 5.60 Å². The van der Waals surface area contributed by atoms with Gasteiger partial charge in [-0.25, -0.2) is 9.78 Å². The molecule has 0 bridgehead atoms. The molecule has 1 unspecified atom stereocenters. The van der Waals surface area contributed by atoms with E-state index in [0.717, 1.165) is 5.69 Å². The fourth-order valence-electron chi connectivity index (χ4n) is 3.09. The van der Waals surface area contributed by atoms with Gasteiger partial charge in [-0.1, -0.05) is 6.07 Å². The first kappa shape index (κ1) is 13.8. The quantitative estimate of drug-likeness (QED) is 0.904. The molecular formula is C16H16N4O3. The average Bonchev–Trinajstić information content (AvgIpc) is 3.13. The summed E-state index contributed by atoms with van der Waals surface area (Å²) in [5, 5.41) is 2.73. The lowest BCUT2D eigenvalue weighted by Gasteiger charge is -2.47. The second-order valence-corrected chi connectivity index (χ2v) is 6.00. The second kappa shape index (κ2) is 4.84. The van der Waals surface area contributed by atoms with E-state index in [4.69, 9.17) is 4.74 Å². The number of carbonyl (C=O) groups is 2. The predicted molar refractivity (Wildman–Crippen MR) is 81.3 cm³/mol. The van der Waals surface area contributed by atoms with E-state index in [1.807, 2.05) is 35.9 Å². The second-order valence-electron chi connectivity index (χ2n) is 6.00. The molecular weight excluding hydrogens is 296 g/mol. The molecule has 4 rings (SSSR count). The highest BCUT2D eigenvalue weighted by molar-refractivity contribution is 5.95. The van der Waals surface area contributed by atoms with Gasteiger partial charge in [0.2, 0.25) is 0 Å². The number of aromatic nitrogens is 2. The van der Waals surface area contributed by atoms with Crippen LogP contribution in [-0.2, 0) is 4.74 Å². The molecule has 7 heteroatoms. The number of imidazole rings is 1. The van der Waals surface area contributed by atoms with E-state index in [9.17, 15) is 9.59 Å². The van der Waals surface area contributed by atoms with E-state index in [1.54, 1.807) is 23.5 Å². The topological polar surface area (TPSA) is 76.5 Å². The van der Waals surface area contributed by atoms with Crippen LogP contribution in [0.25, 0.3) is 5.69 Å². The molecule has 2 aromatic rings. The van der Waals surface area contributed by atoms with Gasteiger partial charge in [-0.2, -0.15) is 0 Å². The molecule has 23 heavy (non-hydrogen) atoms. The average molecular weight is 312 g/mol. The van der Waals surface area contributed by atoms with Crippen LogP contribution >= 0.6 is 0 Å². The summed E-state index contributed by atoms with van der Waals surface area (Å²) in [6, 6.07) is 7.29. The third kappa shape index (κ3) is 2.16. The Morgan fingerprint density at radius 1 is 1.43 bits per heavy atom. The number of benzene rings is 1. The SMILES string of the molecule is CC1NC(=O)OC12CN(C(=O)c1cccc(-n3ccnc3)c1)C2. The molecule has 3 heterocycles. The molecule has 2 aliphatic heterocycles. The molecule has 1 N–H and O–H groups in total. The Morgan fingerprint density at radius 3 is 2.91 bits per heavy atom. The fraction of sp³-hybridized carbons (Fsp3) is 0.312. The van der Waals surface area contributed by atoms with Gasteiger partial charge in [-0.3, -0.25) is 4.79 Å². The molecule has 0 saturated carbocycles. The fourth-order valence-corrected chi connectivity index (χ4v) is 3.09. The van der Waals surface area contributed by atoms with Crippen molar-refractivity contribution in [2.45, 2.75) is 18.6 Å². The van der Waals surface area contributed by atoms with Gasteiger partial charge < -0.3 is 19.5 Å². The zero-order valence-electron chi connectivity index (χ0n) is 12.6. The van der Waals surface area contributed by atoms with E-state index in [-0.39, 0.29) is 11.9 Å². The third-order valence-electron chi connectivity index (χ3n) is 4.52. The maximum atomic E-state index is 12.6. The number of amides is 2. The molecule has 2 saturated heterocycles. The van der Waals surface area contributed by atoms with Crippen molar-refractivity contribution in [2.24, 2.45) is 0 Å². The summed E-state index contributed by atoms with van der Waals surface area (Å²) in [5.41, 5.74) is 0.913. The molecule has 2 fully saturated rings. The Hall–Kier alpha value is -2.83.